The first kappa shape index (κ1) is 11.4. The topological polar surface area (TPSA) is 70.7 Å². The molecule has 2 heterocycles. The highest BCUT2D eigenvalue weighted by molar-refractivity contribution is 6.05. The lowest BCUT2D eigenvalue weighted by Gasteiger charge is -2.05. The van der Waals surface area contributed by atoms with E-state index in [9.17, 15) is 4.79 Å². The van der Waals surface area contributed by atoms with E-state index in [1.807, 2.05) is 25.1 Å². The van der Waals surface area contributed by atoms with Gasteiger partial charge in [0.2, 0.25) is 0 Å². The van der Waals surface area contributed by atoms with Crippen molar-refractivity contribution in [2.75, 3.05) is 5.32 Å². The van der Waals surface area contributed by atoms with E-state index in [1.165, 1.54) is 0 Å². The monoisotopic (exact) mass is 252 g/mol. The average molecular weight is 252 g/mol. The minimum atomic E-state index is -0.165. The minimum Gasteiger partial charge on any atom is -0.321 e. The van der Waals surface area contributed by atoms with E-state index in [4.69, 9.17) is 0 Å². The summed E-state index contributed by atoms with van der Waals surface area (Å²) >= 11 is 0. The molecule has 94 valence electrons. The Labute approximate surface area is 109 Å². The molecule has 3 rings (SSSR count). The summed E-state index contributed by atoms with van der Waals surface area (Å²) in [6.45, 7) is 1.90. The van der Waals surface area contributed by atoms with Gasteiger partial charge in [0.25, 0.3) is 5.91 Å². The SMILES string of the molecule is Cc1ccc(NC(=O)c2ccc3cn[nH]c3c2)cn1. The summed E-state index contributed by atoms with van der Waals surface area (Å²) in [4.78, 5) is 16.2. The smallest absolute Gasteiger partial charge is 0.255 e. The van der Waals surface area contributed by atoms with Gasteiger partial charge in [-0.15, -0.1) is 0 Å². The zero-order valence-electron chi connectivity index (χ0n) is 10.3. The van der Waals surface area contributed by atoms with Gasteiger partial charge >= 0.3 is 0 Å². The lowest BCUT2D eigenvalue weighted by atomic mass is 10.1. The molecule has 1 aromatic carbocycles. The molecule has 2 N–H and O–H groups in total. The lowest BCUT2D eigenvalue weighted by molar-refractivity contribution is 0.102. The molecule has 3 aromatic rings. The number of hydrogen-bond acceptors (Lipinski definition) is 3. The third-order valence-corrected chi connectivity index (χ3v) is 2.87. The third kappa shape index (κ3) is 2.30. The second-order valence-electron chi connectivity index (χ2n) is 4.31. The summed E-state index contributed by atoms with van der Waals surface area (Å²) in [6.07, 6.45) is 3.36. The van der Waals surface area contributed by atoms with Crippen molar-refractivity contribution in [3.8, 4) is 0 Å². The normalized spacial score (nSPS) is 10.6. The van der Waals surface area contributed by atoms with Gasteiger partial charge in [0.15, 0.2) is 0 Å². The highest BCUT2D eigenvalue weighted by Crippen LogP contribution is 2.14. The number of rotatable bonds is 2. The van der Waals surface area contributed by atoms with Crippen molar-refractivity contribution < 1.29 is 4.79 Å². The number of pyridine rings is 1. The lowest BCUT2D eigenvalue weighted by Crippen LogP contribution is -2.11. The minimum absolute atomic E-state index is 0.165. The highest BCUT2D eigenvalue weighted by atomic mass is 16.1. The molecule has 1 amide bonds. The van der Waals surface area contributed by atoms with E-state index in [1.54, 1.807) is 24.5 Å². The predicted octanol–water partition coefficient (Wildman–Crippen LogP) is 2.52. The molecule has 2 aromatic heterocycles. The van der Waals surface area contributed by atoms with Crippen molar-refractivity contribution in [1.29, 1.82) is 0 Å². The Morgan fingerprint density at radius 2 is 2.11 bits per heavy atom. The molecule has 0 aliphatic heterocycles. The number of aromatic nitrogens is 3. The Hall–Kier alpha value is -2.69. The summed E-state index contributed by atoms with van der Waals surface area (Å²) in [5.74, 6) is -0.165. The summed E-state index contributed by atoms with van der Waals surface area (Å²) in [6, 6.07) is 9.10. The molecule has 0 aliphatic carbocycles. The van der Waals surface area contributed by atoms with Crippen LogP contribution in [0, 0.1) is 6.92 Å². The van der Waals surface area contributed by atoms with Crippen LogP contribution in [-0.4, -0.2) is 21.1 Å². The second-order valence-corrected chi connectivity index (χ2v) is 4.31. The molecular weight excluding hydrogens is 240 g/mol. The van der Waals surface area contributed by atoms with Crippen LogP contribution in [0.1, 0.15) is 16.1 Å². The van der Waals surface area contributed by atoms with Crippen molar-refractivity contribution in [3.05, 3.63) is 54.0 Å². The van der Waals surface area contributed by atoms with Crippen LogP contribution in [-0.2, 0) is 0 Å². The maximum absolute atomic E-state index is 12.1. The molecule has 0 aliphatic rings. The maximum atomic E-state index is 12.1. The van der Waals surface area contributed by atoms with Gasteiger partial charge < -0.3 is 5.32 Å². The predicted molar refractivity (Wildman–Crippen MR) is 73.0 cm³/mol. The van der Waals surface area contributed by atoms with Crippen LogP contribution >= 0.6 is 0 Å². The molecule has 5 heteroatoms. The van der Waals surface area contributed by atoms with Gasteiger partial charge in [-0.1, -0.05) is 6.07 Å². The van der Waals surface area contributed by atoms with Crippen molar-refractivity contribution in [1.82, 2.24) is 15.2 Å². The summed E-state index contributed by atoms with van der Waals surface area (Å²) in [7, 11) is 0. The number of nitrogens with zero attached hydrogens (tertiary/aromatic N) is 2. The number of fused-ring (bicyclic) bond motifs is 1. The van der Waals surface area contributed by atoms with Crippen LogP contribution in [0.4, 0.5) is 5.69 Å². The van der Waals surface area contributed by atoms with Crippen LogP contribution < -0.4 is 5.32 Å². The summed E-state index contributed by atoms with van der Waals surface area (Å²) < 4.78 is 0. The van der Waals surface area contributed by atoms with Gasteiger partial charge in [0, 0.05) is 16.6 Å². The van der Waals surface area contributed by atoms with Crippen LogP contribution in [0.15, 0.2) is 42.7 Å². The standard InChI is InChI=1S/C14H12N4O/c1-9-2-5-12(8-15-9)17-14(19)10-3-4-11-7-16-18-13(11)6-10/h2-8H,1H3,(H,16,18)(H,17,19). The molecule has 0 saturated carbocycles. The third-order valence-electron chi connectivity index (χ3n) is 2.87. The Kier molecular flexibility index (Phi) is 2.72. The number of carbonyl (C=O) groups is 1. The number of amides is 1. The van der Waals surface area contributed by atoms with Crippen molar-refractivity contribution in [3.63, 3.8) is 0 Å². The Morgan fingerprint density at radius 1 is 1.21 bits per heavy atom. The van der Waals surface area contributed by atoms with Crippen molar-refractivity contribution >= 4 is 22.5 Å². The number of aryl methyl sites for hydroxylation is 1. The van der Waals surface area contributed by atoms with Crippen molar-refractivity contribution in [2.24, 2.45) is 0 Å². The number of H-pyrrole nitrogens is 1. The molecule has 0 fully saturated rings. The first-order valence-corrected chi connectivity index (χ1v) is 5.89. The van der Waals surface area contributed by atoms with E-state index in [0.717, 1.165) is 16.6 Å². The average Bonchev–Trinajstić information content (AvgIpc) is 2.88. The van der Waals surface area contributed by atoms with Crippen LogP contribution in [0.3, 0.4) is 0 Å². The number of aromatic amines is 1. The molecule has 0 saturated heterocycles. The van der Waals surface area contributed by atoms with Gasteiger partial charge in [-0.05, 0) is 31.2 Å². The largest absolute Gasteiger partial charge is 0.321 e. The Balaban J connectivity index is 1.84. The van der Waals surface area contributed by atoms with Crippen molar-refractivity contribution in [2.45, 2.75) is 6.92 Å². The molecule has 5 nitrogen and oxygen atoms in total. The molecule has 0 radical (unpaired) electrons. The number of hydrogen-bond donors (Lipinski definition) is 2. The number of anilines is 1. The van der Waals surface area contributed by atoms with E-state index in [-0.39, 0.29) is 5.91 Å². The van der Waals surface area contributed by atoms with Gasteiger partial charge in [0.05, 0.1) is 23.6 Å². The first-order chi connectivity index (χ1) is 9.22. The molecular formula is C14H12N4O. The summed E-state index contributed by atoms with van der Waals surface area (Å²) in [5.41, 5.74) is 3.02. The number of carbonyl (C=O) groups excluding carboxylic acids is 1. The van der Waals surface area contributed by atoms with Gasteiger partial charge in [-0.25, -0.2) is 0 Å². The Bertz CT molecular complexity index is 731. The van der Waals surface area contributed by atoms with E-state index < -0.39 is 0 Å². The number of benzene rings is 1. The zero-order valence-corrected chi connectivity index (χ0v) is 10.3. The maximum Gasteiger partial charge on any atom is 0.255 e. The fourth-order valence-electron chi connectivity index (χ4n) is 1.82. The van der Waals surface area contributed by atoms with Gasteiger partial charge in [0.1, 0.15) is 0 Å². The van der Waals surface area contributed by atoms with Crippen LogP contribution in [0.25, 0.3) is 10.9 Å². The quantitative estimate of drug-likeness (QED) is 0.736. The highest BCUT2D eigenvalue weighted by Gasteiger charge is 2.07. The molecule has 0 atom stereocenters. The molecule has 0 spiro atoms. The van der Waals surface area contributed by atoms with E-state index in [0.29, 0.717) is 11.3 Å². The molecule has 0 bridgehead atoms. The first-order valence-electron chi connectivity index (χ1n) is 5.89. The summed E-state index contributed by atoms with van der Waals surface area (Å²) in [5, 5.41) is 10.6. The van der Waals surface area contributed by atoms with Crippen LogP contribution in [0.2, 0.25) is 0 Å². The van der Waals surface area contributed by atoms with E-state index in [2.05, 4.69) is 20.5 Å². The molecule has 0 unspecified atom stereocenters. The molecule has 19 heavy (non-hydrogen) atoms. The van der Waals surface area contributed by atoms with E-state index >= 15 is 0 Å². The van der Waals surface area contributed by atoms with Gasteiger partial charge in [-0.3, -0.25) is 14.9 Å². The van der Waals surface area contributed by atoms with Crippen LogP contribution in [0.5, 0.6) is 0 Å². The second kappa shape index (κ2) is 4.53. The number of nitrogens with one attached hydrogen (secondary N) is 2. The zero-order chi connectivity index (χ0) is 13.2. The fourth-order valence-corrected chi connectivity index (χ4v) is 1.82. The fraction of sp³-hybridized carbons (Fsp3) is 0.0714. The van der Waals surface area contributed by atoms with Gasteiger partial charge in [-0.2, -0.15) is 5.10 Å². The Morgan fingerprint density at radius 3 is 2.89 bits per heavy atom.